The molecule has 2 N–H and O–H groups in total. The molecule has 19 heavy (non-hydrogen) atoms. The van der Waals surface area contributed by atoms with Crippen LogP contribution >= 0.6 is 11.3 Å². The van der Waals surface area contributed by atoms with Gasteiger partial charge in [0.1, 0.15) is 6.04 Å². The van der Waals surface area contributed by atoms with Crippen LogP contribution in [0.2, 0.25) is 0 Å². The summed E-state index contributed by atoms with van der Waals surface area (Å²) in [5.41, 5.74) is 1.03. The van der Waals surface area contributed by atoms with E-state index in [0.717, 1.165) is 10.4 Å². The second-order valence-electron chi connectivity index (χ2n) is 4.47. The molecular weight excluding hydrogens is 258 g/mol. The van der Waals surface area contributed by atoms with Crippen molar-refractivity contribution in [3.63, 3.8) is 0 Å². The normalized spacial score (nSPS) is 12.3. The summed E-state index contributed by atoms with van der Waals surface area (Å²) in [6, 6.07) is 13.2. The first kappa shape index (κ1) is 13.8. The van der Waals surface area contributed by atoms with Crippen molar-refractivity contribution < 1.29 is 9.90 Å². The molecule has 0 bridgehead atoms. The van der Waals surface area contributed by atoms with E-state index in [2.05, 4.69) is 11.4 Å². The molecule has 0 spiro atoms. The Labute approximate surface area is 116 Å². The lowest BCUT2D eigenvalue weighted by Crippen LogP contribution is -2.37. The fourth-order valence-corrected chi connectivity index (χ4v) is 2.74. The molecule has 100 valence electrons. The van der Waals surface area contributed by atoms with Crippen LogP contribution in [-0.4, -0.2) is 17.1 Å². The highest BCUT2D eigenvalue weighted by Crippen LogP contribution is 2.15. The lowest BCUT2D eigenvalue weighted by Gasteiger charge is -2.13. The van der Waals surface area contributed by atoms with Crippen LogP contribution in [-0.2, 0) is 17.8 Å². The van der Waals surface area contributed by atoms with Gasteiger partial charge in [0.2, 0.25) is 0 Å². The van der Waals surface area contributed by atoms with Gasteiger partial charge >= 0.3 is 5.97 Å². The third-order valence-electron chi connectivity index (χ3n) is 2.90. The first-order valence-electron chi connectivity index (χ1n) is 6.20. The zero-order chi connectivity index (χ0) is 13.7. The molecule has 0 radical (unpaired) electrons. The molecule has 3 nitrogen and oxygen atoms in total. The van der Waals surface area contributed by atoms with Crippen LogP contribution < -0.4 is 5.32 Å². The highest BCUT2D eigenvalue weighted by Gasteiger charge is 2.17. The lowest BCUT2D eigenvalue weighted by atomic mass is 10.1. The van der Waals surface area contributed by atoms with E-state index in [1.165, 1.54) is 4.88 Å². The van der Waals surface area contributed by atoms with Crippen molar-refractivity contribution >= 4 is 17.3 Å². The third-order valence-corrected chi connectivity index (χ3v) is 3.90. The number of nitrogens with one attached hydrogen (secondary N) is 1. The maximum atomic E-state index is 11.3. The number of hydrogen-bond donors (Lipinski definition) is 2. The Morgan fingerprint density at radius 2 is 2.00 bits per heavy atom. The number of thiophene rings is 1. The number of rotatable bonds is 6. The van der Waals surface area contributed by atoms with Crippen LogP contribution in [0, 0.1) is 6.92 Å². The van der Waals surface area contributed by atoms with E-state index in [0.29, 0.717) is 13.0 Å². The van der Waals surface area contributed by atoms with Crippen LogP contribution in [0.1, 0.15) is 15.3 Å². The van der Waals surface area contributed by atoms with Crippen LogP contribution in [0.25, 0.3) is 0 Å². The van der Waals surface area contributed by atoms with Crippen molar-refractivity contribution in [2.75, 3.05) is 0 Å². The van der Waals surface area contributed by atoms with Crippen molar-refractivity contribution in [1.82, 2.24) is 5.32 Å². The van der Waals surface area contributed by atoms with Gasteiger partial charge in [-0.1, -0.05) is 30.3 Å². The van der Waals surface area contributed by atoms with Crippen LogP contribution in [0.5, 0.6) is 0 Å². The number of aryl methyl sites for hydroxylation is 1. The molecular formula is C15H17NO2S. The summed E-state index contributed by atoms with van der Waals surface area (Å²) >= 11 is 1.69. The average Bonchev–Trinajstić information content (AvgIpc) is 2.81. The zero-order valence-electron chi connectivity index (χ0n) is 10.8. The number of carboxylic acid groups (broad SMARTS) is 1. The standard InChI is InChI=1S/C15H17NO2S/c1-11-7-8-13(19-11)10-16-14(15(17)18)9-12-5-3-2-4-6-12/h2-8,14,16H,9-10H2,1H3,(H,17,18). The zero-order valence-corrected chi connectivity index (χ0v) is 11.6. The Kier molecular flexibility index (Phi) is 4.71. The average molecular weight is 275 g/mol. The highest BCUT2D eigenvalue weighted by atomic mass is 32.1. The van der Waals surface area contributed by atoms with Crippen LogP contribution in [0.3, 0.4) is 0 Å². The van der Waals surface area contributed by atoms with Crippen molar-refractivity contribution in [1.29, 1.82) is 0 Å². The van der Waals surface area contributed by atoms with E-state index < -0.39 is 12.0 Å². The van der Waals surface area contributed by atoms with Crippen molar-refractivity contribution in [3.05, 3.63) is 57.8 Å². The van der Waals surface area contributed by atoms with Gasteiger partial charge in [0.05, 0.1) is 0 Å². The molecule has 1 aromatic heterocycles. The third kappa shape index (κ3) is 4.19. The van der Waals surface area contributed by atoms with E-state index in [1.54, 1.807) is 11.3 Å². The molecule has 1 aromatic carbocycles. The number of carboxylic acids is 1. The van der Waals surface area contributed by atoms with Gasteiger partial charge in [0, 0.05) is 16.3 Å². The minimum Gasteiger partial charge on any atom is -0.480 e. The molecule has 0 aliphatic carbocycles. The smallest absolute Gasteiger partial charge is 0.321 e. The Hall–Kier alpha value is -1.65. The topological polar surface area (TPSA) is 49.3 Å². The number of benzene rings is 1. The van der Waals surface area contributed by atoms with E-state index in [4.69, 9.17) is 0 Å². The summed E-state index contributed by atoms with van der Waals surface area (Å²) in [7, 11) is 0. The molecule has 4 heteroatoms. The Bertz CT molecular complexity index is 536. The molecule has 0 saturated carbocycles. The van der Waals surface area contributed by atoms with Gasteiger partial charge in [-0.2, -0.15) is 0 Å². The largest absolute Gasteiger partial charge is 0.480 e. The minimum absolute atomic E-state index is 0.501. The van der Waals surface area contributed by atoms with Crippen molar-refractivity contribution in [2.24, 2.45) is 0 Å². The highest BCUT2D eigenvalue weighted by molar-refractivity contribution is 7.11. The molecule has 2 aromatic rings. The quantitative estimate of drug-likeness (QED) is 0.852. The summed E-state index contributed by atoms with van der Waals surface area (Å²) in [4.78, 5) is 13.7. The minimum atomic E-state index is -0.808. The second-order valence-corrected chi connectivity index (χ2v) is 5.85. The Morgan fingerprint density at radius 1 is 1.26 bits per heavy atom. The van der Waals surface area contributed by atoms with Gasteiger partial charge in [-0.3, -0.25) is 10.1 Å². The molecule has 0 saturated heterocycles. The molecule has 0 aliphatic heterocycles. The van der Waals surface area contributed by atoms with Crippen LogP contribution in [0.4, 0.5) is 0 Å². The Morgan fingerprint density at radius 3 is 2.58 bits per heavy atom. The SMILES string of the molecule is Cc1ccc(CNC(Cc2ccccc2)C(=O)O)s1. The summed E-state index contributed by atoms with van der Waals surface area (Å²) in [6.07, 6.45) is 0.501. The van der Waals surface area contributed by atoms with Gasteiger partial charge in [-0.15, -0.1) is 11.3 Å². The molecule has 1 atom stereocenters. The van der Waals surface area contributed by atoms with Gasteiger partial charge in [0.15, 0.2) is 0 Å². The number of hydrogen-bond acceptors (Lipinski definition) is 3. The molecule has 1 unspecified atom stereocenters. The van der Waals surface area contributed by atoms with Crippen LogP contribution in [0.15, 0.2) is 42.5 Å². The van der Waals surface area contributed by atoms with Gasteiger partial charge in [-0.05, 0) is 31.0 Å². The summed E-state index contributed by atoms with van der Waals surface area (Å²) in [6.45, 7) is 2.65. The first-order chi connectivity index (χ1) is 9.15. The molecule has 0 aliphatic rings. The van der Waals surface area contributed by atoms with E-state index in [1.807, 2.05) is 43.3 Å². The molecule has 0 amide bonds. The maximum Gasteiger partial charge on any atom is 0.321 e. The second kappa shape index (κ2) is 6.50. The summed E-state index contributed by atoms with van der Waals surface area (Å²) in [5, 5.41) is 12.4. The first-order valence-corrected chi connectivity index (χ1v) is 7.02. The summed E-state index contributed by atoms with van der Waals surface area (Å²) in [5.74, 6) is -0.808. The fraction of sp³-hybridized carbons (Fsp3) is 0.267. The fourth-order valence-electron chi connectivity index (χ4n) is 1.90. The molecule has 0 fully saturated rings. The number of carbonyl (C=O) groups is 1. The van der Waals surface area contributed by atoms with Crippen molar-refractivity contribution in [3.8, 4) is 0 Å². The van der Waals surface area contributed by atoms with Gasteiger partial charge < -0.3 is 5.11 Å². The molecule has 2 rings (SSSR count). The van der Waals surface area contributed by atoms with E-state index >= 15 is 0 Å². The van der Waals surface area contributed by atoms with Gasteiger partial charge in [-0.25, -0.2) is 0 Å². The predicted octanol–water partition coefficient (Wildman–Crippen LogP) is 2.84. The molecule has 1 heterocycles. The van der Waals surface area contributed by atoms with E-state index in [-0.39, 0.29) is 0 Å². The lowest BCUT2D eigenvalue weighted by molar-refractivity contribution is -0.139. The Balaban J connectivity index is 1.95. The van der Waals surface area contributed by atoms with Gasteiger partial charge in [0.25, 0.3) is 0 Å². The monoisotopic (exact) mass is 275 g/mol. The maximum absolute atomic E-state index is 11.3. The summed E-state index contributed by atoms with van der Waals surface area (Å²) < 4.78 is 0. The van der Waals surface area contributed by atoms with Crippen molar-refractivity contribution in [2.45, 2.75) is 25.9 Å². The predicted molar refractivity (Wildman–Crippen MR) is 77.5 cm³/mol. The number of aliphatic carboxylic acids is 1. The van der Waals surface area contributed by atoms with E-state index in [9.17, 15) is 9.90 Å².